The van der Waals surface area contributed by atoms with Crippen LogP contribution in [0.25, 0.3) is 0 Å². The predicted molar refractivity (Wildman–Crippen MR) is 80.0 cm³/mol. The van der Waals surface area contributed by atoms with Gasteiger partial charge in [0.25, 0.3) is 0 Å². The van der Waals surface area contributed by atoms with Gasteiger partial charge >= 0.3 is 93.3 Å². The molecule has 0 N–H and O–H groups in total. The van der Waals surface area contributed by atoms with E-state index in [0.717, 1.165) is 0 Å². The van der Waals surface area contributed by atoms with Crippen molar-refractivity contribution in [3.8, 4) is 5.75 Å². The molecular weight excluding hydrogens is 638 g/mol. The van der Waals surface area contributed by atoms with Gasteiger partial charge in [-0.15, -0.1) is 0 Å². The minimum absolute atomic E-state index is 0. The minimum Gasteiger partial charge on any atom is -0.744 e. The van der Waals surface area contributed by atoms with Gasteiger partial charge in [0.1, 0.15) is 15.9 Å². The third kappa shape index (κ3) is 6.21. The second-order valence-electron chi connectivity index (χ2n) is 6.55. The molecule has 0 bridgehead atoms. The second kappa shape index (κ2) is 10.8. The minimum atomic E-state index is -8.14. The summed E-state index contributed by atoms with van der Waals surface area (Å²) in [6, 6.07) is 0.271. The molecule has 1 rings (SSSR count). The van der Waals surface area contributed by atoms with E-state index in [0.29, 0.717) is 6.07 Å². The van der Waals surface area contributed by atoms with Crippen molar-refractivity contribution in [2.45, 2.75) is 46.8 Å². The molecule has 0 heterocycles. The van der Waals surface area contributed by atoms with Gasteiger partial charge in [0.15, 0.2) is 0 Å². The Hall–Kier alpha value is -0.884. The molecule has 4 nitrogen and oxygen atoms in total. The Morgan fingerprint density at radius 1 is 0.684 bits per heavy atom. The molecule has 0 spiro atoms. The van der Waals surface area contributed by atoms with E-state index < -0.39 is 74.3 Å². The number of halogens is 17. The van der Waals surface area contributed by atoms with E-state index in [1.165, 1.54) is 0 Å². The Balaban J connectivity index is 0.0000137. The van der Waals surface area contributed by atoms with Crippen LogP contribution in [0.1, 0.15) is 0 Å². The summed E-state index contributed by atoms with van der Waals surface area (Å²) in [4.78, 5) is -1.55. The van der Waals surface area contributed by atoms with Crippen LogP contribution in [-0.2, 0) is 10.1 Å². The Morgan fingerprint density at radius 2 is 1.08 bits per heavy atom. The summed E-state index contributed by atoms with van der Waals surface area (Å²) in [6.45, 7) is 0. The molecule has 0 aliphatic heterocycles. The van der Waals surface area contributed by atoms with Crippen molar-refractivity contribution in [1.82, 2.24) is 0 Å². The number of hydrogen-bond donors (Lipinski definition) is 0. The molecule has 0 saturated carbocycles. The molecule has 0 radical (unpaired) electrons. The monoisotopic (exact) mass is 642 g/mol. The first kappa shape index (κ1) is 37.1. The number of rotatable bonds is 9. The molecule has 1 aromatic carbocycles. The number of hydrogen-bond acceptors (Lipinski definition) is 4. The average Bonchev–Trinajstić information content (AvgIpc) is 2.70. The maximum atomic E-state index is 13.7. The topological polar surface area (TPSA) is 66.4 Å². The van der Waals surface area contributed by atoms with Gasteiger partial charge in [0.05, 0.1) is 4.90 Å². The standard InChI is InChI=1S/C15H5F17O4S.K/c16-7(8(17)10(20,21)12(24,25)14(28,29)30)9(18,19)11(22,23)13(26,27)15(31,32)36-5-2-1-3-6(4-5)37(33,34)35;/h1-4H,(H,33,34,35);/q;+1/p-1/b8-7+;. The van der Waals surface area contributed by atoms with E-state index >= 15 is 0 Å². The number of alkyl halides is 15. The number of benzene rings is 1. The maximum absolute atomic E-state index is 13.7. The molecule has 0 aliphatic carbocycles. The van der Waals surface area contributed by atoms with Gasteiger partial charge < -0.3 is 9.29 Å². The summed E-state index contributed by atoms with van der Waals surface area (Å²) in [7, 11) is -5.57. The zero-order valence-corrected chi connectivity index (χ0v) is 21.2. The second-order valence-corrected chi connectivity index (χ2v) is 7.93. The summed E-state index contributed by atoms with van der Waals surface area (Å²) < 4.78 is 259. The van der Waals surface area contributed by atoms with E-state index in [-0.39, 0.29) is 69.6 Å². The fourth-order valence-electron chi connectivity index (χ4n) is 2.01. The Labute approximate surface area is 241 Å². The average molecular weight is 642 g/mol. The first-order valence-electron chi connectivity index (χ1n) is 8.15. The Morgan fingerprint density at radius 3 is 1.45 bits per heavy atom. The summed E-state index contributed by atoms with van der Waals surface area (Å²) in [6.07, 6.45) is -14.6. The summed E-state index contributed by atoms with van der Waals surface area (Å²) >= 11 is 0. The quantitative estimate of drug-likeness (QED) is 0.235. The molecule has 0 aromatic heterocycles. The largest absolute Gasteiger partial charge is 1.00 e. The molecule has 0 amide bonds. The smallest absolute Gasteiger partial charge is 0.744 e. The van der Waals surface area contributed by atoms with E-state index in [4.69, 9.17) is 0 Å². The van der Waals surface area contributed by atoms with E-state index in [2.05, 4.69) is 4.74 Å². The fraction of sp³-hybridized carbons (Fsp3) is 0.467. The van der Waals surface area contributed by atoms with Crippen LogP contribution >= 0.6 is 0 Å². The van der Waals surface area contributed by atoms with Crippen molar-refractivity contribution >= 4 is 10.1 Å². The van der Waals surface area contributed by atoms with Gasteiger partial charge in [-0.05, 0) is 18.2 Å². The molecule has 0 atom stereocenters. The van der Waals surface area contributed by atoms with Crippen molar-refractivity contribution in [2.75, 3.05) is 0 Å². The van der Waals surface area contributed by atoms with Crippen molar-refractivity contribution in [3.05, 3.63) is 35.9 Å². The third-order valence-electron chi connectivity index (χ3n) is 3.99. The van der Waals surface area contributed by atoms with Crippen LogP contribution in [0, 0.1) is 0 Å². The van der Waals surface area contributed by atoms with Crippen LogP contribution < -0.4 is 56.1 Å². The van der Waals surface area contributed by atoms with Crippen LogP contribution in [0.2, 0.25) is 0 Å². The summed E-state index contributed by atoms with van der Waals surface area (Å²) in [5, 5.41) is 0. The molecule has 0 aliphatic rings. The Kier molecular flexibility index (Phi) is 10.6. The fourth-order valence-corrected chi connectivity index (χ4v) is 2.52. The van der Waals surface area contributed by atoms with Gasteiger partial charge in [-0.3, -0.25) is 0 Å². The van der Waals surface area contributed by atoms with Gasteiger partial charge in [-0.2, -0.15) is 65.9 Å². The Bertz CT molecular complexity index is 1160. The summed E-state index contributed by atoms with van der Waals surface area (Å²) in [5.74, 6) is -52.3. The molecule has 214 valence electrons. The normalized spacial score (nSPS) is 15.5. The van der Waals surface area contributed by atoms with E-state index in [9.17, 15) is 87.6 Å². The SMILES string of the molecule is O=S(=O)([O-])c1cccc(OC(F)(F)C(F)(F)C(F)(F)C(F)(F)/C(F)=C(\F)C(F)(F)C(F)(F)C(F)(F)F)c1.[K+]. The van der Waals surface area contributed by atoms with Gasteiger partial charge in [-0.1, -0.05) is 6.07 Å². The van der Waals surface area contributed by atoms with Crippen LogP contribution in [-0.4, -0.2) is 54.9 Å². The first-order chi connectivity index (χ1) is 16.0. The van der Waals surface area contributed by atoms with Crippen molar-refractivity contribution in [1.29, 1.82) is 0 Å². The van der Waals surface area contributed by atoms with Crippen molar-refractivity contribution in [2.24, 2.45) is 0 Å². The van der Waals surface area contributed by atoms with E-state index in [1.807, 2.05) is 0 Å². The molecule has 1 aromatic rings. The zero-order valence-electron chi connectivity index (χ0n) is 17.3. The van der Waals surface area contributed by atoms with Crippen LogP contribution in [0.4, 0.5) is 74.6 Å². The van der Waals surface area contributed by atoms with Crippen molar-refractivity contribution < 1.29 is 144 Å². The predicted octanol–water partition coefficient (Wildman–Crippen LogP) is 3.46. The van der Waals surface area contributed by atoms with Crippen LogP contribution in [0.3, 0.4) is 0 Å². The van der Waals surface area contributed by atoms with Crippen LogP contribution in [0.15, 0.2) is 40.8 Å². The van der Waals surface area contributed by atoms with Gasteiger partial charge in [0.2, 0.25) is 11.7 Å². The summed E-state index contributed by atoms with van der Waals surface area (Å²) in [5.41, 5.74) is 0. The van der Waals surface area contributed by atoms with Gasteiger partial charge in [-0.25, -0.2) is 17.2 Å². The van der Waals surface area contributed by atoms with Crippen molar-refractivity contribution in [3.63, 3.8) is 0 Å². The molecule has 0 saturated heterocycles. The molecule has 0 unspecified atom stereocenters. The molecule has 38 heavy (non-hydrogen) atoms. The molecule has 0 fully saturated rings. The van der Waals surface area contributed by atoms with Crippen LogP contribution in [0.5, 0.6) is 5.75 Å². The number of ether oxygens (including phenoxy) is 1. The van der Waals surface area contributed by atoms with E-state index in [1.54, 1.807) is 0 Å². The zero-order chi connectivity index (χ0) is 29.8. The number of allylic oxidation sites excluding steroid dienone is 2. The first-order valence-corrected chi connectivity index (χ1v) is 9.55. The van der Waals surface area contributed by atoms with Gasteiger partial charge in [0, 0.05) is 0 Å². The molecular formula is C15H4F17KO4S. The third-order valence-corrected chi connectivity index (χ3v) is 4.82. The molecule has 23 heteroatoms. The maximum Gasteiger partial charge on any atom is 1.00 e.